The topological polar surface area (TPSA) is 94.0 Å². The van der Waals surface area contributed by atoms with Gasteiger partial charge in [-0.05, 0) is 0 Å². The van der Waals surface area contributed by atoms with Gasteiger partial charge < -0.3 is 10.1 Å². The number of carbonyl (C=O) groups is 1. The van der Waals surface area contributed by atoms with Crippen LogP contribution in [0.2, 0.25) is 0 Å². The average Bonchev–Trinajstić information content (AvgIpc) is 2.19. The van der Waals surface area contributed by atoms with E-state index in [2.05, 4.69) is 4.98 Å². The van der Waals surface area contributed by atoms with Gasteiger partial charge in [0.05, 0.1) is 12.0 Å². The van der Waals surface area contributed by atoms with Crippen LogP contribution in [0.3, 0.4) is 0 Å². The number of pyridine rings is 1. The maximum absolute atomic E-state index is 12.3. The second-order valence-electron chi connectivity index (χ2n) is 2.91. The molecular formula is C9H6F2N2O3. The van der Waals surface area contributed by atoms with Gasteiger partial charge in [-0.25, -0.2) is 8.78 Å². The largest absolute Gasteiger partial charge is 0.481 e. The quantitative estimate of drug-likeness (QED) is 0.800. The molecule has 0 unspecified atom stereocenters. The van der Waals surface area contributed by atoms with E-state index in [1.807, 2.05) is 0 Å². The number of alkyl halides is 2. The Bertz CT molecular complexity index is 516. The SMILES string of the molecule is N#Cc1[nH]cc(C(F)F)c(=O)c1CC(=O)O. The normalized spacial score (nSPS) is 10.1. The summed E-state index contributed by atoms with van der Waals surface area (Å²) in [5, 5.41) is 17.1. The molecular weight excluding hydrogens is 222 g/mol. The van der Waals surface area contributed by atoms with E-state index in [0.717, 1.165) is 6.20 Å². The molecule has 5 nitrogen and oxygen atoms in total. The Morgan fingerprint density at radius 2 is 2.25 bits per heavy atom. The van der Waals surface area contributed by atoms with Gasteiger partial charge in [0.1, 0.15) is 11.8 Å². The first kappa shape index (κ1) is 11.8. The van der Waals surface area contributed by atoms with Crippen LogP contribution in [0, 0.1) is 11.3 Å². The number of aromatic amines is 1. The molecule has 2 N–H and O–H groups in total. The second-order valence-corrected chi connectivity index (χ2v) is 2.91. The Balaban J connectivity index is 3.42. The van der Waals surface area contributed by atoms with Gasteiger partial charge in [-0.15, -0.1) is 0 Å². The van der Waals surface area contributed by atoms with Gasteiger partial charge in [-0.3, -0.25) is 9.59 Å². The maximum atomic E-state index is 12.3. The molecule has 0 fully saturated rings. The van der Waals surface area contributed by atoms with Gasteiger partial charge in [-0.1, -0.05) is 0 Å². The van der Waals surface area contributed by atoms with Crippen LogP contribution < -0.4 is 5.43 Å². The lowest BCUT2D eigenvalue weighted by Crippen LogP contribution is -2.20. The number of nitriles is 1. The Labute approximate surface area is 88.0 Å². The van der Waals surface area contributed by atoms with Crippen molar-refractivity contribution in [2.75, 3.05) is 0 Å². The van der Waals surface area contributed by atoms with Crippen LogP contribution in [0.15, 0.2) is 11.0 Å². The summed E-state index contributed by atoms with van der Waals surface area (Å²) >= 11 is 0. The van der Waals surface area contributed by atoms with Crippen LogP contribution in [-0.4, -0.2) is 16.1 Å². The fraction of sp³-hybridized carbons (Fsp3) is 0.222. The molecule has 84 valence electrons. The minimum atomic E-state index is -3.01. The first-order valence-electron chi connectivity index (χ1n) is 4.12. The van der Waals surface area contributed by atoms with Crippen molar-refractivity contribution < 1.29 is 18.7 Å². The zero-order valence-corrected chi connectivity index (χ0v) is 7.83. The summed E-state index contributed by atoms with van der Waals surface area (Å²) < 4.78 is 24.7. The standard InChI is InChI=1S/C9H6F2N2O3/c10-9(11)5-3-13-6(2-12)4(8(5)16)1-7(14)15/h3,9H,1H2,(H,13,16)(H,14,15). The summed E-state index contributed by atoms with van der Waals surface area (Å²) in [5.74, 6) is -1.37. The smallest absolute Gasteiger partial charge is 0.308 e. The molecule has 1 aromatic rings. The summed E-state index contributed by atoms with van der Waals surface area (Å²) in [6.07, 6.45) is -3.06. The Morgan fingerprint density at radius 1 is 1.62 bits per heavy atom. The van der Waals surface area contributed by atoms with E-state index in [4.69, 9.17) is 10.4 Å². The molecule has 1 rings (SSSR count). The first-order chi connectivity index (χ1) is 7.47. The second kappa shape index (κ2) is 4.53. The summed E-state index contributed by atoms with van der Waals surface area (Å²) in [6, 6.07) is 1.54. The number of rotatable bonds is 3. The fourth-order valence-corrected chi connectivity index (χ4v) is 1.17. The number of nitrogens with one attached hydrogen (secondary N) is 1. The lowest BCUT2D eigenvalue weighted by atomic mass is 10.1. The molecule has 7 heteroatoms. The number of H-pyrrole nitrogens is 1. The number of hydrogen-bond donors (Lipinski definition) is 2. The highest BCUT2D eigenvalue weighted by atomic mass is 19.3. The molecule has 16 heavy (non-hydrogen) atoms. The summed E-state index contributed by atoms with van der Waals surface area (Å²) in [6.45, 7) is 0. The van der Waals surface area contributed by atoms with Crippen molar-refractivity contribution in [3.05, 3.63) is 33.2 Å². The minimum absolute atomic E-state index is 0.309. The molecule has 0 bridgehead atoms. The van der Waals surface area contributed by atoms with E-state index < -0.39 is 35.4 Å². The predicted molar refractivity (Wildman–Crippen MR) is 48.1 cm³/mol. The summed E-state index contributed by atoms with van der Waals surface area (Å²) in [5.41, 5.74) is -2.70. The molecule has 0 radical (unpaired) electrons. The molecule has 0 atom stereocenters. The first-order valence-corrected chi connectivity index (χ1v) is 4.12. The lowest BCUT2D eigenvalue weighted by molar-refractivity contribution is -0.136. The van der Waals surface area contributed by atoms with Crippen LogP contribution in [0.5, 0.6) is 0 Å². The van der Waals surface area contributed by atoms with Crippen molar-refractivity contribution in [1.82, 2.24) is 4.98 Å². The van der Waals surface area contributed by atoms with Gasteiger partial charge in [0.15, 0.2) is 5.43 Å². The third kappa shape index (κ3) is 2.23. The monoisotopic (exact) mass is 228 g/mol. The Morgan fingerprint density at radius 3 is 2.69 bits per heavy atom. The summed E-state index contributed by atoms with van der Waals surface area (Å²) in [7, 11) is 0. The number of nitrogens with zero attached hydrogens (tertiary/aromatic N) is 1. The van der Waals surface area contributed by atoms with E-state index >= 15 is 0 Å². The van der Waals surface area contributed by atoms with Crippen molar-refractivity contribution in [2.24, 2.45) is 0 Å². The molecule has 0 aliphatic carbocycles. The van der Waals surface area contributed by atoms with Gasteiger partial charge >= 0.3 is 5.97 Å². The van der Waals surface area contributed by atoms with E-state index in [-0.39, 0.29) is 5.69 Å². The van der Waals surface area contributed by atoms with Crippen molar-refractivity contribution in [3.63, 3.8) is 0 Å². The van der Waals surface area contributed by atoms with Crippen LogP contribution in [-0.2, 0) is 11.2 Å². The van der Waals surface area contributed by atoms with Crippen LogP contribution >= 0.6 is 0 Å². The number of halogens is 2. The van der Waals surface area contributed by atoms with Crippen molar-refractivity contribution in [3.8, 4) is 6.07 Å². The minimum Gasteiger partial charge on any atom is -0.481 e. The highest BCUT2D eigenvalue weighted by molar-refractivity contribution is 5.71. The molecule has 0 amide bonds. The highest BCUT2D eigenvalue weighted by Gasteiger charge is 2.19. The maximum Gasteiger partial charge on any atom is 0.308 e. The number of carboxylic acids is 1. The predicted octanol–water partition coefficient (Wildman–Crippen LogP) is 0.811. The van der Waals surface area contributed by atoms with Crippen LogP contribution in [0.4, 0.5) is 8.78 Å². The molecule has 0 aliphatic rings. The number of carboxylic acid groups (broad SMARTS) is 1. The Kier molecular flexibility index (Phi) is 3.35. The van der Waals surface area contributed by atoms with Gasteiger partial charge in [-0.2, -0.15) is 5.26 Å². The molecule has 1 aromatic heterocycles. The van der Waals surface area contributed by atoms with E-state index in [0.29, 0.717) is 0 Å². The lowest BCUT2D eigenvalue weighted by Gasteiger charge is -2.03. The van der Waals surface area contributed by atoms with Crippen LogP contribution in [0.1, 0.15) is 23.2 Å². The van der Waals surface area contributed by atoms with Crippen molar-refractivity contribution in [2.45, 2.75) is 12.8 Å². The number of aliphatic carboxylic acids is 1. The van der Waals surface area contributed by atoms with Gasteiger partial charge in [0.2, 0.25) is 0 Å². The highest BCUT2D eigenvalue weighted by Crippen LogP contribution is 2.15. The zero-order valence-electron chi connectivity index (χ0n) is 7.83. The fourth-order valence-electron chi connectivity index (χ4n) is 1.17. The third-order valence-corrected chi connectivity index (χ3v) is 1.88. The molecule has 0 saturated heterocycles. The van der Waals surface area contributed by atoms with Crippen molar-refractivity contribution >= 4 is 5.97 Å². The molecule has 0 spiro atoms. The molecule has 1 heterocycles. The van der Waals surface area contributed by atoms with Crippen molar-refractivity contribution in [1.29, 1.82) is 5.26 Å². The molecule has 0 aliphatic heterocycles. The number of aromatic nitrogens is 1. The average molecular weight is 228 g/mol. The third-order valence-electron chi connectivity index (χ3n) is 1.88. The Hall–Kier alpha value is -2.23. The van der Waals surface area contributed by atoms with E-state index in [1.165, 1.54) is 0 Å². The summed E-state index contributed by atoms with van der Waals surface area (Å²) in [4.78, 5) is 24.0. The molecule has 0 saturated carbocycles. The van der Waals surface area contributed by atoms with Gasteiger partial charge in [0.25, 0.3) is 6.43 Å². The van der Waals surface area contributed by atoms with E-state index in [1.54, 1.807) is 6.07 Å². The van der Waals surface area contributed by atoms with Gasteiger partial charge in [0, 0.05) is 11.8 Å². The van der Waals surface area contributed by atoms with E-state index in [9.17, 15) is 18.4 Å². The zero-order chi connectivity index (χ0) is 12.3. The number of hydrogen-bond acceptors (Lipinski definition) is 3. The molecule has 0 aromatic carbocycles. The van der Waals surface area contributed by atoms with Crippen LogP contribution in [0.25, 0.3) is 0 Å².